The van der Waals surface area contributed by atoms with Gasteiger partial charge < -0.3 is 10.2 Å². The average Bonchev–Trinajstić information content (AvgIpc) is 2.99. The summed E-state index contributed by atoms with van der Waals surface area (Å²) in [6, 6.07) is 6.17. The lowest BCUT2D eigenvalue weighted by Gasteiger charge is -2.28. The smallest absolute Gasteiger partial charge is 0.274 e. The van der Waals surface area contributed by atoms with E-state index in [-0.39, 0.29) is 28.9 Å². The fourth-order valence-corrected chi connectivity index (χ4v) is 4.86. The summed E-state index contributed by atoms with van der Waals surface area (Å²) in [6.07, 6.45) is 2.07. The summed E-state index contributed by atoms with van der Waals surface area (Å²) in [5.74, 6) is -2.32. The summed E-state index contributed by atoms with van der Waals surface area (Å²) in [5.41, 5.74) is 0.957. The topological polar surface area (TPSA) is 79.4 Å². The van der Waals surface area contributed by atoms with E-state index in [1.54, 1.807) is 6.07 Å². The Hall–Kier alpha value is -2.55. The number of halogens is 2. The molecular formula is C18H19F2N3O3S. The number of rotatable bonds is 5. The number of anilines is 2. The van der Waals surface area contributed by atoms with Crippen molar-refractivity contribution in [3.8, 4) is 0 Å². The minimum Gasteiger partial charge on any atom is -0.367 e. The second-order valence-electron chi connectivity index (χ2n) is 6.33. The molecule has 144 valence electrons. The monoisotopic (exact) mass is 395 g/mol. The quantitative estimate of drug-likeness (QED) is 0.842. The maximum Gasteiger partial charge on any atom is 0.274 e. The van der Waals surface area contributed by atoms with Gasteiger partial charge in [-0.2, -0.15) is 0 Å². The zero-order chi connectivity index (χ0) is 19.6. The minimum absolute atomic E-state index is 0.108. The lowest BCUT2D eigenvalue weighted by Crippen LogP contribution is -2.36. The molecule has 1 aliphatic heterocycles. The summed E-state index contributed by atoms with van der Waals surface area (Å²) in [5, 5.41) is 2.45. The van der Waals surface area contributed by atoms with E-state index in [0.717, 1.165) is 17.8 Å². The molecule has 0 aliphatic carbocycles. The lowest BCUT2D eigenvalue weighted by molar-refractivity contribution is 0.102. The van der Waals surface area contributed by atoms with Crippen molar-refractivity contribution in [1.29, 1.82) is 0 Å². The van der Waals surface area contributed by atoms with Crippen molar-refractivity contribution in [2.75, 3.05) is 28.3 Å². The number of benzene rings is 1. The van der Waals surface area contributed by atoms with Crippen molar-refractivity contribution in [2.24, 2.45) is 0 Å². The van der Waals surface area contributed by atoms with E-state index >= 15 is 0 Å². The lowest BCUT2D eigenvalue weighted by atomic mass is 10.2. The molecule has 0 bridgehead atoms. The molecular weight excluding hydrogens is 376 g/mol. The van der Waals surface area contributed by atoms with E-state index in [9.17, 15) is 22.0 Å². The van der Waals surface area contributed by atoms with Crippen LogP contribution in [0.4, 0.5) is 20.2 Å². The zero-order valence-corrected chi connectivity index (χ0v) is 15.5. The molecule has 3 rings (SSSR count). The van der Waals surface area contributed by atoms with Crippen molar-refractivity contribution < 1.29 is 22.0 Å². The predicted molar refractivity (Wildman–Crippen MR) is 98.6 cm³/mol. The highest BCUT2D eigenvalue weighted by Gasteiger charge is 2.32. The van der Waals surface area contributed by atoms with Gasteiger partial charge in [0.25, 0.3) is 5.91 Å². The molecule has 1 amide bonds. The molecule has 0 spiro atoms. The van der Waals surface area contributed by atoms with Crippen molar-refractivity contribution in [1.82, 2.24) is 4.98 Å². The van der Waals surface area contributed by atoms with Gasteiger partial charge in [-0.25, -0.2) is 22.2 Å². The Balaban J connectivity index is 1.72. The van der Waals surface area contributed by atoms with Gasteiger partial charge in [-0.15, -0.1) is 0 Å². The number of nitrogens with zero attached hydrogens (tertiary/aromatic N) is 2. The standard InChI is InChI=1S/C18H19F2N3O3S/c1-2-23(14-7-8-27(25,26)11-14)13-4-6-17(21-10-13)18(24)22-12-3-5-15(19)16(20)9-12/h3-6,9-10,14H,2,7-8,11H2,1H3,(H,22,24). The molecule has 1 saturated heterocycles. The van der Waals surface area contributed by atoms with Gasteiger partial charge in [0.05, 0.1) is 23.4 Å². The number of pyridine rings is 1. The third-order valence-corrected chi connectivity index (χ3v) is 6.23. The van der Waals surface area contributed by atoms with Crippen molar-refractivity contribution in [3.63, 3.8) is 0 Å². The molecule has 0 saturated carbocycles. The van der Waals surface area contributed by atoms with Gasteiger partial charge in [0.15, 0.2) is 21.5 Å². The molecule has 2 heterocycles. The predicted octanol–water partition coefficient (Wildman–Crippen LogP) is 2.63. The molecule has 1 aromatic carbocycles. The first-order valence-corrected chi connectivity index (χ1v) is 10.3. The van der Waals surface area contributed by atoms with Crippen LogP contribution in [0.5, 0.6) is 0 Å². The Bertz CT molecular complexity index is 949. The first kappa shape index (κ1) is 19.2. The number of nitrogens with one attached hydrogen (secondary N) is 1. The summed E-state index contributed by atoms with van der Waals surface area (Å²) in [7, 11) is -3.00. The fraction of sp³-hybridized carbons (Fsp3) is 0.333. The third-order valence-electron chi connectivity index (χ3n) is 4.48. The van der Waals surface area contributed by atoms with Crippen LogP contribution >= 0.6 is 0 Å². The highest BCUT2D eigenvalue weighted by Crippen LogP contribution is 2.24. The van der Waals surface area contributed by atoms with Gasteiger partial charge >= 0.3 is 0 Å². The molecule has 6 nitrogen and oxygen atoms in total. The number of hydrogen-bond acceptors (Lipinski definition) is 5. The highest BCUT2D eigenvalue weighted by atomic mass is 32.2. The van der Waals surface area contributed by atoms with Crippen LogP contribution in [0.1, 0.15) is 23.8 Å². The molecule has 1 unspecified atom stereocenters. The Labute approximate surface area is 156 Å². The van der Waals surface area contributed by atoms with Gasteiger partial charge in [0, 0.05) is 24.3 Å². The first-order chi connectivity index (χ1) is 12.8. The van der Waals surface area contributed by atoms with Crippen LogP contribution < -0.4 is 10.2 Å². The molecule has 1 N–H and O–H groups in total. The van der Waals surface area contributed by atoms with E-state index in [1.807, 2.05) is 11.8 Å². The Morgan fingerprint density at radius 2 is 2.04 bits per heavy atom. The van der Waals surface area contributed by atoms with Crippen LogP contribution in [-0.2, 0) is 9.84 Å². The average molecular weight is 395 g/mol. The van der Waals surface area contributed by atoms with Gasteiger partial charge in [-0.1, -0.05) is 0 Å². The minimum atomic E-state index is -3.00. The number of sulfone groups is 1. The number of carbonyl (C=O) groups is 1. The molecule has 2 aromatic rings. The van der Waals surface area contributed by atoms with Crippen molar-refractivity contribution >= 4 is 27.1 Å². The molecule has 27 heavy (non-hydrogen) atoms. The van der Waals surface area contributed by atoms with Crippen LogP contribution in [0.3, 0.4) is 0 Å². The Morgan fingerprint density at radius 1 is 1.26 bits per heavy atom. The van der Waals surface area contributed by atoms with Gasteiger partial charge in [0.1, 0.15) is 5.69 Å². The van der Waals surface area contributed by atoms with Crippen LogP contribution in [0.15, 0.2) is 36.5 Å². The molecule has 1 aliphatic rings. The second-order valence-corrected chi connectivity index (χ2v) is 8.56. The summed E-state index contributed by atoms with van der Waals surface area (Å²) in [4.78, 5) is 18.3. The molecule has 0 radical (unpaired) electrons. The van der Waals surface area contributed by atoms with Crippen LogP contribution in [0, 0.1) is 11.6 Å². The third kappa shape index (κ3) is 4.41. The number of carbonyl (C=O) groups excluding carboxylic acids is 1. The Morgan fingerprint density at radius 3 is 2.59 bits per heavy atom. The highest BCUT2D eigenvalue weighted by molar-refractivity contribution is 7.91. The van der Waals surface area contributed by atoms with Crippen molar-refractivity contribution in [2.45, 2.75) is 19.4 Å². The first-order valence-electron chi connectivity index (χ1n) is 8.48. The van der Waals surface area contributed by atoms with Crippen molar-refractivity contribution in [3.05, 3.63) is 53.9 Å². The summed E-state index contributed by atoms with van der Waals surface area (Å²) >= 11 is 0. The maximum atomic E-state index is 13.2. The van der Waals surface area contributed by atoms with E-state index in [4.69, 9.17) is 0 Å². The number of aromatic nitrogens is 1. The normalized spacial score (nSPS) is 18.3. The SMILES string of the molecule is CCN(c1ccc(C(=O)Nc2ccc(F)c(F)c2)nc1)C1CCS(=O)(=O)C1. The number of hydrogen-bond donors (Lipinski definition) is 1. The number of amides is 1. The van der Waals surface area contributed by atoms with Gasteiger partial charge in [0.2, 0.25) is 0 Å². The van der Waals surface area contributed by atoms with E-state index < -0.39 is 27.4 Å². The second kappa shape index (κ2) is 7.59. The van der Waals surface area contributed by atoms with Crippen LogP contribution in [-0.4, -0.2) is 43.4 Å². The molecule has 1 atom stereocenters. The zero-order valence-electron chi connectivity index (χ0n) is 14.7. The Kier molecular flexibility index (Phi) is 5.41. The molecule has 1 aromatic heterocycles. The molecule has 9 heteroatoms. The fourth-order valence-electron chi connectivity index (χ4n) is 3.13. The van der Waals surface area contributed by atoms with Gasteiger partial charge in [-0.05, 0) is 37.6 Å². The van der Waals surface area contributed by atoms with E-state index in [2.05, 4.69) is 10.3 Å². The van der Waals surface area contributed by atoms with E-state index in [1.165, 1.54) is 18.3 Å². The molecule has 1 fully saturated rings. The summed E-state index contributed by atoms with van der Waals surface area (Å²) in [6.45, 7) is 2.54. The summed E-state index contributed by atoms with van der Waals surface area (Å²) < 4.78 is 49.6. The van der Waals surface area contributed by atoms with Crippen LogP contribution in [0.25, 0.3) is 0 Å². The van der Waals surface area contributed by atoms with Crippen LogP contribution in [0.2, 0.25) is 0 Å². The maximum absolute atomic E-state index is 13.2. The van der Waals surface area contributed by atoms with Gasteiger partial charge in [-0.3, -0.25) is 4.79 Å². The van der Waals surface area contributed by atoms with E-state index in [0.29, 0.717) is 13.0 Å². The largest absolute Gasteiger partial charge is 0.367 e.